The molecule has 31 heavy (non-hydrogen) atoms. The van der Waals surface area contributed by atoms with E-state index < -0.39 is 26.7 Å². The predicted molar refractivity (Wildman–Crippen MR) is 108 cm³/mol. The van der Waals surface area contributed by atoms with E-state index in [2.05, 4.69) is 5.32 Å². The Morgan fingerprint density at radius 1 is 1.06 bits per heavy atom. The number of sulfonamides is 1. The van der Waals surface area contributed by atoms with E-state index in [-0.39, 0.29) is 24.9 Å². The predicted octanol–water partition coefficient (Wildman–Crippen LogP) is 3.30. The summed E-state index contributed by atoms with van der Waals surface area (Å²) >= 11 is 0. The first-order chi connectivity index (χ1) is 14.7. The second-order valence-corrected chi connectivity index (χ2v) is 9.09. The molecule has 0 aromatic heterocycles. The van der Waals surface area contributed by atoms with Crippen molar-refractivity contribution in [2.75, 3.05) is 26.2 Å². The van der Waals surface area contributed by atoms with Crippen LogP contribution < -0.4 is 10.1 Å². The zero-order valence-corrected chi connectivity index (χ0v) is 17.5. The fourth-order valence-electron chi connectivity index (χ4n) is 3.34. The van der Waals surface area contributed by atoms with Gasteiger partial charge >= 0.3 is 6.18 Å². The molecular weight excluding hydrogens is 433 g/mol. The van der Waals surface area contributed by atoms with Crippen molar-refractivity contribution in [1.82, 2.24) is 9.62 Å². The number of piperidine rings is 1. The van der Waals surface area contributed by atoms with Crippen LogP contribution in [-0.2, 0) is 21.0 Å². The van der Waals surface area contributed by atoms with Crippen molar-refractivity contribution in [1.29, 1.82) is 0 Å². The van der Waals surface area contributed by atoms with Crippen LogP contribution in [0.1, 0.15) is 18.4 Å². The van der Waals surface area contributed by atoms with Gasteiger partial charge in [-0.05, 0) is 43.2 Å². The van der Waals surface area contributed by atoms with Crippen LogP contribution >= 0.6 is 0 Å². The van der Waals surface area contributed by atoms with E-state index >= 15 is 0 Å². The molecule has 0 bridgehead atoms. The molecule has 1 amide bonds. The molecule has 0 unspecified atom stereocenters. The highest BCUT2D eigenvalue weighted by Crippen LogP contribution is 2.32. The Morgan fingerprint density at radius 2 is 1.74 bits per heavy atom. The van der Waals surface area contributed by atoms with Crippen LogP contribution in [0.15, 0.2) is 59.5 Å². The quantitative estimate of drug-likeness (QED) is 0.649. The average Bonchev–Trinajstić information content (AvgIpc) is 2.77. The number of nitrogens with zero attached hydrogens (tertiary/aromatic N) is 1. The number of halogens is 3. The molecule has 6 nitrogen and oxygen atoms in total. The molecule has 1 heterocycles. The third kappa shape index (κ3) is 5.98. The molecule has 0 atom stereocenters. The lowest BCUT2D eigenvalue weighted by atomic mass is 9.97. The molecular formula is C21H23F3N2O4S. The Bertz CT molecular complexity index is 989. The zero-order chi connectivity index (χ0) is 22.5. The monoisotopic (exact) mass is 456 g/mol. The van der Waals surface area contributed by atoms with Gasteiger partial charge in [-0.3, -0.25) is 4.79 Å². The van der Waals surface area contributed by atoms with Crippen molar-refractivity contribution in [3.05, 3.63) is 60.2 Å². The number of hydrogen-bond acceptors (Lipinski definition) is 4. The normalized spacial score (nSPS) is 16.1. The van der Waals surface area contributed by atoms with Gasteiger partial charge in [0.15, 0.2) is 0 Å². The van der Waals surface area contributed by atoms with Gasteiger partial charge in [-0.1, -0.05) is 24.3 Å². The van der Waals surface area contributed by atoms with Gasteiger partial charge in [0.25, 0.3) is 0 Å². The number of carbonyl (C=O) groups is 1. The maximum Gasteiger partial charge on any atom is 0.416 e. The highest BCUT2D eigenvalue weighted by Gasteiger charge is 2.35. The van der Waals surface area contributed by atoms with Gasteiger partial charge in [-0.25, -0.2) is 8.42 Å². The number of hydrogen-bond donors (Lipinski definition) is 1. The van der Waals surface area contributed by atoms with Crippen molar-refractivity contribution >= 4 is 15.9 Å². The number of ether oxygens (including phenoxy) is 1. The molecule has 3 rings (SSSR count). The first-order valence-corrected chi connectivity index (χ1v) is 11.2. The van der Waals surface area contributed by atoms with Crippen LogP contribution in [-0.4, -0.2) is 44.9 Å². The summed E-state index contributed by atoms with van der Waals surface area (Å²) in [6.07, 6.45) is -4.03. The highest BCUT2D eigenvalue weighted by atomic mass is 32.2. The maximum atomic E-state index is 12.9. The summed E-state index contributed by atoms with van der Waals surface area (Å²) in [5, 5.41) is 2.78. The van der Waals surface area contributed by atoms with Gasteiger partial charge in [-0.15, -0.1) is 0 Å². The van der Waals surface area contributed by atoms with Crippen LogP contribution in [0.25, 0.3) is 0 Å². The molecule has 1 saturated heterocycles. The van der Waals surface area contributed by atoms with Gasteiger partial charge in [0.05, 0.1) is 17.0 Å². The molecule has 10 heteroatoms. The number of rotatable bonds is 7. The summed E-state index contributed by atoms with van der Waals surface area (Å²) in [6, 6.07) is 12.9. The summed E-state index contributed by atoms with van der Waals surface area (Å²) < 4.78 is 70.8. The molecule has 1 N–H and O–H groups in total. The average molecular weight is 456 g/mol. The van der Waals surface area contributed by atoms with Crippen molar-refractivity contribution in [3.8, 4) is 5.75 Å². The van der Waals surface area contributed by atoms with E-state index in [0.29, 0.717) is 37.8 Å². The largest absolute Gasteiger partial charge is 0.492 e. The Morgan fingerprint density at radius 3 is 2.39 bits per heavy atom. The minimum absolute atomic E-state index is 0.0666. The molecule has 0 saturated carbocycles. The minimum Gasteiger partial charge on any atom is -0.492 e. The van der Waals surface area contributed by atoms with Crippen LogP contribution in [0.2, 0.25) is 0 Å². The lowest BCUT2D eigenvalue weighted by molar-refractivity contribution is -0.137. The smallest absolute Gasteiger partial charge is 0.416 e. The maximum absolute atomic E-state index is 12.9. The van der Waals surface area contributed by atoms with Crippen molar-refractivity contribution < 1.29 is 31.1 Å². The number of para-hydroxylation sites is 1. The third-order valence-electron chi connectivity index (χ3n) is 5.04. The van der Waals surface area contributed by atoms with Gasteiger partial charge in [0.1, 0.15) is 12.4 Å². The number of amides is 1. The van der Waals surface area contributed by atoms with Gasteiger partial charge in [-0.2, -0.15) is 17.5 Å². The standard InChI is InChI=1S/C21H23F3N2O4S/c22-21(23,24)17-5-4-8-19(15-17)31(28,29)26-12-9-16(10-13-26)20(27)25-11-14-30-18-6-2-1-3-7-18/h1-8,15-16H,9-14H2,(H,25,27). The van der Waals surface area contributed by atoms with Crippen LogP contribution in [0.4, 0.5) is 13.2 Å². The molecule has 1 aliphatic rings. The summed E-state index contributed by atoms with van der Waals surface area (Å²) in [6.45, 7) is 0.753. The van der Waals surface area contributed by atoms with E-state index in [1.807, 2.05) is 30.3 Å². The van der Waals surface area contributed by atoms with Crippen LogP contribution in [0, 0.1) is 5.92 Å². The van der Waals surface area contributed by atoms with E-state index in [0.717, 1.165) is 22.5 Å². The highest BCUT2D eigenvalue weighted by molar-refractivity contribution is 7.89. The summed E-state index contributed by atoms with van der Waals surface area (Å²) in [7, 11) is -4.06. The van der Waals surface area contributed by atoms with E-state index in [1.54, 1.807) is 0 Å². The van der Waals surface area contributed by atoms with E-state index in [4.69, 9.17) is 4.74 Å². The third-order valence-corrected chi connectivity index (χ3v) is 6.93. The first-order valence-electron chi connectivity index (χ1n) is 9.81. The summed E-state index contributed by atoms with van der Waals surface area (Å²) in [4.78, 5) is 11.9. The van der Waals surface area contributed by atoms with Crippen LogP contribution in [0.3, 0.4) is 0 Å². The Kier molecular flexibility index (Phi) is 7.22. The molecule has 0 spiro atoms. The number of alkyl halides is 3. The lowest BCUT2D eigenvalue weighted by Gasteiger charge is -2.30. The summed E-state index contributed by atoms with van der Waals surface area (Å²) in [5.41, 5.74) is -1.01. The molecule has 168 valence electrons. The zero-order valence-electron chi connectivity index (χ0n) is 16.6. The fourth-order valence-corrected chi connectivity index (χ4v) is 4.86. The molecule has 0 aliphatic carbocycles. The number of benzene rings is 2. The van der Waals surface area contributed by atoms with Crippen molar-refractivity contribution in [2.45, 2.75) is 23.9 Å². The van der Waals surface area contributed by atoms with E-state index in [9.17, 15) is 26.4 Å². The molecule has 1 aliphatic heterocycles. The second kappa shape index (κ2) is 9.69. The SMILES string of the molecule is O=C(NCCOc1ccccc1)C1CCN(S(=O)(=O)c2cccc(C(F)(F)F)c2)CC1. The van der Waals surface area contributed by atoms with Gasteiger partial charge in [0.2, 0.25) is 15.9 Å². The molecule has 1 fully saturated rings. The first kappa shape index (κ1) is 23.1. The topological polar surface area (TPSA) is 75.7 Å². The van der Waals surface area contributed by atoms with Crippen LogP contribution in [0.5, 0.6) is 5.75 Å². The molecule has 2 aromatic rings. The Hall–Kier alpha value is -2.59. The summed E-state index contributed by atoms with van der Waals surface area (Å²) in [5.74, 6) is 0.155. The van der Waals surface area contributed by atoms with Gasteiger partial charge in [0, 0.05) is 19.0 Å². The Balaban J connectivity index is 1.50. The van der Waals surface area contributed by atoms with E-state index in [1.165, 1.54) is 0 Å². The Labute approximate surface area is 179 Å². The fraction of sp³-hybridized carbons (Fsp3) is 0.381. The van der Waals surface area contributed by atoms with Gasteiger partial charge < -0.3 is 10.1 Å². The van der Waals surface area contributed by atoms with Crippen molar-refractivity contribution in [3.63, 3.8) is 0 Å². The lowest BCUT2D eigenvalue weighted by Crippen LogP contribution is -2.43. The van der Waals surface area contributed by atoms with Crippen molar-refractivity contribution in [2.24, 2.45) is 5.92 Å². The molecule has 2 aromatic carbocycles. The molecule has 0 radical (unpaired) electrons. The minimum atomic E-state index is -4.62. The number of carbonyl (C=O) groups excluding carboxylic acids is 1. The second-order valence-electron chi connectivity index (χ2n) is 7.16. The number of nitrogens with one attached hydrogen (secondary N) is 1.